The number of nitrogens with two attached hydrogens (primary N) is 1. The third-order valence-electron chi connectivity index (χ3n) is 4.12. The highest BCUT2D eigenvalue weighted by Crippen LogP contribution is 2.43. The molecule has 2 amide bonds. The highest BCUT2D eigenvalue weighted by Gasteiger charge is 2.40. The number of carbonyl (C=O) groups is 2. The molecule has 126 valence electrons. The van der Waals surface area contributed by atoms with Gasteiger partial charge in [-0.1, -0.05) is 18.2 Å². The summed E-state index contributed by atoms with van der Waals surface area (Å²) in [6.07, 6.45) is -2.08. The molecule has 2 aliphatic heterocycles. The number of anilines is 1. The average molecular weight is 329 g/mol. The van der Waals surface area contributed by atoms with Crippen molar-refractivity contribution >= 4 is 17.5 Å². The number of hydrogen-bond donors (Lipinski definition) is 3. The van der Waals surface area contributed by atoms with E-state index < -0.39 is 12.1 Å². The normalized spacial score (nSPS) is 23.0. The summed E-state index contributed by atoms with van der Waals surface area (Å²) in [5, 5.41) is 6.34. The average Bonchev–Trinajstić information content (AvgIpc) is 2.47. The second kappa shape index (κ2) is 6.47. The first-order valence-electron chi connectivity index (χ1n) is 7.21. The fraction of sp³-hybridized carbons (Fsp3) is 0.467. The van der Waals surface area contributed by atoms with Gasteiger partial charge in [-0.05, 0) is 24.5 Å². The molecule has 2 heterocycles. The Morgan fingerprint density at radius 3 is 2.26 bits per heavy atom. The van der Waals surface area contributed by atoms with Crippen LogP contribution in [0.1, 0.15) is 24.8 Å². The van der Waals surface area contributed by atoms with E-state index in [9.17, 15) is 18.0 Å². The van der Waals surface area contributed by atoms with E-state index in [1.165, 1.54) is 11.3 Å². The first-order chi connectivity index (χ1) is 10.7. The standard InChI is InChI=1S/C13H16N2O.C2H2F3NO/c16-12-9-13(6-8-15-12)5-7-14-11-4-2-1-3-10(11)13;3-2(4,5)1(6)7/h1-4,14H,5-9H2,(H,15,16);(H2,6,7). The van der Waals surface area contributed by atoms with Crippen LogP contribution in [0.15, 0.2) is 24.3 Å². The number of para-hydroxylation sites is 1. The molecule has 0 radical (unpaired) electrons. The first kappa shape index (κ1) is 17.1. The lowest BCUT2D eigenvalue weighted by molar-refractivity contribution is -0.169. The highest BCUT2D eigenvalue weighted by atomic mass is 19.4. The third kappa shape index (κ3) is 3.94. The summed E-state index contributed by atoms with van der Waals surface area (Å²) >= 11 is 0. The quantitative estimate of drug-likeness (QED) is 0.677. The van der Waals surface area contributed by atoms with Crippen LogP contribution in [0.3, 0.4) is 0 Å². The van der Waals surface area contributed by atoms with Crippen LogP contribution in [0, 0.1) is 0 Å². The summed E-state index contributed by atoms with van der Waals surface area (Å²) in [5.74, 6) is -2.06. The molecule has 4 N–H and O–H groups in total. The molecule has 1 fully saturated rings. The maximum Gasteiger partial charge on any atom is 0.470 e. The van der Waals surface area contributed by atoms with Crippen molar-refractivity contribution in [2.24, 2.45) is 5.73 Å². The molecule has 1 atom stereocenters. The Labute approximate surface area is 131 Å². The minimum atomic E-state index is -4.86. The van der Waals surface area contributed by atoms with E-state index in [1.807, 2.05) is 6.07 Å². The van der Waals surface area contributed by atoms with Crippen LogP contribution in [-0.2, 0) is 15.0 Å². The molecule has 0 aliphatic carbocycles. The maximum absolute atomic E-state index is 11.6. The number of alkyl halides is 3. The van der Waals surface area contributed by atoms with Gasteiger partial charge in [0, 0.05) is 30.6 Å². The molecular weight excluding hydrogens is 311 g/mol. The number of fused-ring (bicyclic) bond motifs is 2. The number of benzene rings is 1. The number of piperidine rings is 1. The number of hydrogen-bond acceptors (Lipinski definition) is 3. The molecule has 0 saturated carbocycles. The van der Waals surface area contributed by atoms with Gasteiger partial charge in [0.1, 0.15) is 0 Å². The van der Waals surface area contributed by atoms with E-state index in [-0.39, 0.29) is 11.3 Å². The largest absolute Gasteiger partial charge is 0.470 e. The molecule has 2 aliphatic rings. The number of nitrogens with one attached hydrogen (secondary N) is 2. The minimum absolute atomic E-state index is 0.0875. The van der Waals surface area contributed by atoms with Crippen LogP contribution >= 0.6 is 0 Å². The Morgan fingerprint density at radius 1 is 1.13 bits per heavy atom. The van der Waals surface area contributed by atoms with Crippen molar-refractivity contribution in [2.75, 3.05) is 18.4 Å². The van der Waals surface area contributed by atoms with Crippen molar-refractivity contribution in [3.8, 4) is 0 Å². The molecule has 3 rings (SSSR count). The van der Waals surface area contributed by atoms with Crippen molar-refractivity contribution in [2.45, 2.75) is 30.9 Å². The molecule has 5 nitrogen and oxygen atoms in total. The number of primary amides is 1. The Balaban J connectivity index is 0.000000236. The lowest BCUT2D eigenvalue weighted by Gasteiger charge is -2.41. The van der Waals surface area contributed by atoms with Gasteiger partial charge in [0.25, 0.3) is 0 Å². The van der Waals surface area contributed by atoms with E-state index in [0.29, 0.717) is 6.42 Å². The van der Waals surface area contributed by atoms with Gasteiger partial charge < -0.3 is 16.4 Å². The molecule has 1 spiro atoms. The zero-order chi connectivity index (χ0) is 17.1. The highest BCUT2D eigenvalue weighted by molar-refractivity contribution is 5.80. The van der Waals surface area contributed by atoms with Crippen LogP contribution in [0.25, 0.3) is 0 Å². The van der Waals surface area contributed by atoms with Crippen molar-refractivity contribution in [1.82, 2.24) is 5.32 Å². The van der Waals surface area contributed by atoms with Gasteiger partial charge in [0.05, 0.1) is 0 Å². The SMILES string of the molecule is NC(=O)C(F)(F)F.O=C1CC2(CCN1)CCNc1ccccc12. The zero-order valence-corrected chi connectivity index (χ0v) is 12.4. The van der Waals surface area contributed by atoms with Gasteiger partial charge in [-0.25, -0.2) is 0 Å². The molecular formula is C15H18F3N3O2. The number of rotatable bonds is 0. The Bertz CT molecular complexity index is 604. The van der Waals surface area contributed by atoms with Crippen LogP contribution in [0.5, 0.6) is 0 Å². The molecule has 0 bridgehead atoms. The maximum atomic E-state index is 11.6. The summed E-state index contributed by atoms with van der Waals surface area (Å²) in [6, 6.07) is 8.40. The van der Waals surface area contributed by atoms with Crippen LogP contribution in [0.4, 0.5) is 18.9 Å². The fourth-order valence-corrected chi connectivity index (χ4v) is 3.01. The third-order valence-corrected chi connectivity index (χ3v) is 4.12. The van der Waals surface area contributed by atoms with Crippen LogP contribution in [-0.4, -0.2) is 31.1 Å². The monoisotopic (exact) mass is 329 g/mol. The van der Waals surface area contributed by atoms with Gasteiger partial charge in [-0.3, -0.25) is 9.59 Å². The molecule has 8 heteroatoms. The molecule has 1 aromatic carbocycles. The molecule has 0 aromatic heterocycles. The summed E-state index contributed by atoms with van der Waals surface area (Å²) in [6.45, 7) is 1.79. The summed E-state index contributed by atoms with van der Waals surface area (Å²) < 4.78 is 32.1. The lowest BCUT2D eigenvalue weighted by atomic mass is 9.68. The van der Waals surface area contributed by atoms with Gasteiger partial charge in [0.15, 0.2) is 0 Å². The molecule has 23 heavy (non-hydrogen) atoms. The second-order valence-electron chi connectivity index (χ2n) is 5.64. The fourth-order valence-electron chi connectivity index (χ4n) is 3.01. The van der Waals surface area contributed by atoms with Crippen molar-refractivity contribution in [3.05, 3.63) is 29.8 Å². The van der Waals surface area contributed by atoms with Crippen molar-refractivity contribution in [3.63, 3.8) is 0 Å². The predicted molar refractivity (Wildman–Crippen MR) is 78.7 cm³/mol. The molecule has 1 unspecified atom stereocenters. The van der Waals surface area contributed by atoms with E-state index in [1.54, 1.807) is 0 Å². The Morgan fingerprint density at radius 2 is 1.70 bits per heavy atom. The number of halogens is 3. The second-order valence-corrected chi connectivity index (χ2v) is 5.64. The van der Waals surface area contributed by atoms with E-state index in [4.69, 9.17) is 4.79 Å². The van der Waals surface area contributed by atoms with E-state index in [2.05, 4.69) is 34.6 Å². The lowest BCUT2D eigenvalue weighted by Crippen LogP contribution is -2.46. The van der Waals surface area contributed by atoms with Crippen molar-refractivity contribution in [1.29, 1.82) is 0 Å². The predicted octanol–water partition coefficient (Wildman–Crippen LogP) is 1.68. The minimum Gasteiger partial charge on any atom is -0.385 e. The first-order valence-corrected chi connectivity index (χ1v) is 7.21. The van der Waals surface area contributed by atoms with Crippen molar-refractivity contribution < 1.29 is 22.8 Å². The van der Waals surface area contributed by atoms with Gasteiger partial charge >= 0.3 is 12.1 Å². The zero-order valence-electron chi connectivity index (χ0n) is 12.4. The van der Waals surface area contributed by atoms with E-state index >= 15 is 0 Å². The van der Waals surface area contributed by atoms with Crippen LogP contribution in [0.2, 0.25) is 0 Å². The number of carbonyl (C=O) groups excluding carboxylic acids is 2. The topological polar surface area (TPSA) is 84.2 Å². The smallest absolute Gasteiger partial charge is 0.385 e. The Hall–Kier alpha value is -2.25. The molecule has 1 saturated heterocycles. The summed E-state index contributed by atoms with van der Waals surface area (Å²) in [5.41, 5.74) is 6.43. The summed E-state index contributed by atoms with van der Waals surface area (Å²) in [7, 11) is 0. The van der Waals surface area contributed by atoms with Gasteiger partial charge in [-0.2, -0.15) is 13.2 Å². The van der Waals surface area contributed by atoms with Gasteiger partial charge in [0.2, 0.25) is 5.91 Å². The number of amides is 2. The van der Waals surface area contributed by atoms with Gasteiger partial charge in [-0.15, -0.1) is 0 Å². The van der Waals surface area contributed by atoms with E-state index in [0.717, 1.165) is 25.9 Å². The summed E-state index contributed by atoms with van der Waals surface area (Å²) in [4.78, 5) is 20.7. The Kier molecular flexibility index (Phi) is 4.82. The van der Waals surface area contributed by atoms with Crippen LogP contribution < -0.4 is 16.4 Å². The molecule has 1 aromatic rings.